The van der Waals surface area contributed by atoms with E-state index in [-0.39, 0.29) is 11.1 Å². The van der Waals surface area contributed by atoms with E-state index >= 15 is 0 Å². The van der Waals surface area contributed by atoms with E-state index in [4.69, 9.17) is 10.2 Å². The van der Waals surface area contributed by atoms with Crippen molar-refractivity contribution in [3.63, 3.8) is 0 Å². The van der Waals surface area contributed by atoms with E-state index in [0.717, 1.165) is 6.54 Å². The topological polar surface area (TPSA) is 74.6 Å². The van der Waals surface area contributed by atoms with E-state index in [1.54, 1.807) is 24.3 Å². The number of rotatable bonds is 4. The van der Waals surface area contributed by atoms with Crippen LogP contribution in [0.5, 0.6) is 0 Å². The summed E-state index contributed by atoms with van der Waals surface area (Å²) in [6, 6.07) is 13.8. The Bertz CT molecular complexity index is 547. The van der Waals surface area contributed by atoms with Crippen molar-refractivity contribution >= 4 is 41.7 Å². The molecule has 0 atom stereocenters. The van der Waals surface area contributed by atoms with Gasteiger partial charge in [-0.05, 0) is 0 Å². The quantitative estimate of drug-likeness (QED) is 0.673. The van der Waals surface area contributed by atoms with Crippen LogP contribution in [0.4, 0.5) is 0 Å². The van der Waals surface area contributed by atoms with Crippen molar-refractivity contribution in [1.29, 1.82) is 0 Å². The second-order valence-electron chi connectivity index (χ2n) is 3.82. The molecule has 95 valence electrons. The van der Waals surface area contributed by atoms with Gasteiger partial charge in [0.15, 0.2) is 0 Å². The Balaban J connectivity index is 2.12. The SMILES string of the molecule is O=C(O)c1cc[c]([Bi][c]2ccc(C(=O)O)cc2)cc1. The molecule has 0 aliphatic rings. The predicted molar refractivity (Wildman–Crippen MR) is 71.8 cm³/mol. The Morgan fingerprint density at radius 1 is 0.684 bits per heavy atom. The second kappa shape index (κ2) is 5.94. The van der Waals surface area contributed by atoms with Gasteiger partial charge in [-0.3, -0.25) is 0 Å². The van der Waals surface area contributed by atoms with E-state index in [9.17, 15) is 9.59 Å². The molecule has 4 nitrogen and oxygen atoms in total. The van der Waals surface area contributed by atoms with Crippen molar-refractivity contribution < 1.29 is 19.8 Å². The van der Waals surface area contributed by atoms with Crippen LogP contribution < -0.4 is 6.54 Å². The summed E-state index contributed by atoms with van der Waals surface area (Å²) < 4.78 is 2.32. The van der Waals surface area contributed by atoms with Gasteiger partial charge in [0.2, 0.25) is 0 Å². The third-order valence-corrected chi connectivity index (χ3v) is 6.81. The molecular weight excluding hydrogens is 441 g/mol. The van der Waals surface area contributed by atoms with Gasteiger partial charge in [-0.15, -0.1) is 0 Å². The molecule has 0 saturated heterocycles. The molecule has 2 N–H and O–H groups in total. The molecule has 2 aromatic carbocycles. The van der Waals surface area contributed by atoms with Gasteiger partial charge in [0.1, 0.15) is 0 Å². The van der Waals surface area contributed by atoms with Gasteiger partial charge >= 0.3 is 121 Å². The first-order chi connectivity index (χ1) is 9.06. The van der Waals surface area contributed by atoms with E-state index in [1.807, 2.05) is 24.3 Å². The van der Waals surface area contributed by atoms with Gasteiger partial charge < -0.3 is 0 Å². The molecule has 5 heteroatoms. The van der Waals surface area contributed by atoms with Crippen LogP contribution in [-0.4, -0.2) is 45.4 Å². The molecule has 0 aromatic heterocycles. The summed E-state index contributed by atoms with van der Waals surface area (Å²) in [5, 5.41) is 17.6. The van der Waals surface area contributed by atoms with Gasteiger partial charge in [-0.25, -0.2) is 0 Å². The summed E-state index contributed by atoms with van der Waals surface area (Å²) in [6.45, 7) is 0. The summed E-state index contributed by atoms with van der Waals surface area (Å²) in [7, 11) is 0. The summed E-state index contributed by atoms with van der Waals surface area (Å²) in [6.07, 6.45) is 0. The van der Waals surface area contributed by atoms with Crippen LogP contribution in [0, 0.1) is 0 Å². The fourth-order valence-electron chi connectivity index (χ4n) is 1.51. The van der Waals surface area contributed by atoms with Crippen molar-refractivity contribution in [3.8, 4) is 0 Å². The summed E-state index contributed by atoms with van der Waals surface area (Å²) >= 11 is -1.10. The number of benzene rings is 2. The number of hydrogen-bond donors (Lipinski definition) is 2. The minimum absolute atomic E-state index is 0.283. The van der Waals surface area contributed by atoms with Gasteiger partial charge in [0.25, 0.3) is 0 Å². The maximum atomic E-state index is 10.7. The Morgan fingerprint density at radius 2 is 1.00 bits per heavy atom. The zero-order valence-corrected chi connectivity index (χ0v) is 13.3. The number of aromatic carboxylic acids is 2. The van der Waals surface area contributed by atoms with Crippen molar-refractivity contribution in [2.24, 2.45) is 0 Å². The molecular formula is C14H10BiO4. The first-order valence-electron chi connectivity index (χ1n) is 5.45. The van der Waals surface area contributed by atoms with E-state index in [1.165, 1.54) is 0 Å². The second-order valence-corrected chi connectivity index (χ2v) is 8.70. The van der Waals surface area contributed by atoms with E-state index in [2.05, 4.69) is 0 Å². The molecule has 2 aromatic rings. The predicted octanol–water partition coefficient (Wildman–Crippen LogP) is 0.738. The van der Waals surface area contributed by atoms with Crippen molar-refractivity contribution in [2.45, 2.75) is 0 Å². The number of hydrogen-bond acceptors (Lipinski definition) is 2. The molecule has 19 heavy (non-hydrogen) atoms. The molecule has 0 aliphatic heterocycles. The first-order valence-corrected chi connectivity index (χ1v) is 8.92. The summed E-state index contributed by atoms with van der Waals surface area (Å²) in [5.41, 5.74) is 0.567. The zero-order chi connectivity index (χ0) is 13.8. The van der Waals surface area contributed by atoms with Gasteiger partial charge in [0, 0.05) is 0 Å². The van der Waals surface area contributed by atoms with Crippen LogP contribution in [0.2, 0.25) is 0 Å². The van der Waals surface area contributed by atoms with Gasteiger partial charge in [-0.2, -0.15) is 0 Å². The monoisotopic (exact) mass is 451 g/mol. The van der Waals surface area contributed by atoms with Gasteiger partial charge in [-0.1, -0.05) is 0 Å². The summed E-state index contributed by atoms with van der Waals surface area (Å²) in [4.78, 5) is 21.5. The number of carboxylic acid groups (broad SMARTS) is 2. The zero-order valence-electron chi connectivity index (χ0n) is 9.78. The van der Waals surface area contributed by atoms with Gasteiger partial charge in [0.05, 0.1) is 0 Å². The minimum atomic E-state index is -1.10. The third-order valence-electron chi connectivity index (χ3n) is 2.49. The molecule has 0 heterocycles. The van der Waals surface area contributed by atoms with Crippen LogP contribution in [0.15, 0.2) is 48.5 Å². The van der Waals surface area contributed by atoms with E-state index < -0.39 is 35.2 Å². The summed E-state index contributed by atoms with van der Waals surface area (Å²) in [5.74, 6) is -1.85. The Kier molecular flexibility index (Phi) is 4.28. The van der Waals surface area contributed by atoms with E-state index in [0.29, 0.717) is 0 Å². The van der Waals surface area contributed by atoms with Crippen LogP contribution in [-0.2, 0) is 0 Å². The van der Waals surface area contributed by atoms with Crippen molar-refractivity contribution in [2.75, 3.05) is 0 Å². The van der Waals surface area contributed by atoms with Crippen LogP contribution in [0.25, 0.3) is 0 Å². The molecule has 0 bridgehead atoms. The fraction of sp³-hybridized carbons (Fsp3) is 0. The number of carboxylic acids is 2. The molecule has 0 saturated carbocycles. The molecule has 0 spiro atoms. The molecule has 0 aliphatic carbocycles. The average molecular weight is 451 g/mol. The maximum absolute atomic E-state index is 10.7. The Morgan fingerprint density at radius 3 is 1.26 bits per heavy atom. The Labute approximate surface area is 121 Å². The van der Waals surface area contributed by atoms with Crippen molar-refractivity contribution in [3.05, 3.63) is 59.7 Å². The van der Waals surface area contributed by atoms with Crippen molar-refractivity contribution in [1.82, 2.24) is 0 Å². The fourth-order valence-corrected chi connectivity index (χ4v) is 4.98. The van der Waals surface area contributed by atoms with Crippen LogP contribution in [0.3, 0.4) is 0 Å². The first kappa shape index (κ1) is 13.7. The molecule has 0 amide bonds. The third kappa shape index (κ3) is 3.61. The number of carbonyl (C=O) groups is 2. The normalized spacial score (nSPS) is 10.1. The molecule has 0 unspecified atom stereocenters. The molecule has 0 fully saturated rings. The van der Waals surface area contributed by atoms with Crippen LogP contribution >= 0.6 is 0 Å². The average Bonchev–Trinajstić information content (AvgIpc) is 2.40. The standard InChI is InChI=1S/2C7H5O2.Bi/c2*8-7(9)6-4-2-1-3-5-6;/h2*2-5H,(H,8,9);. The van der Waals surface area contributed by atoms with Crippen LogP contribution in [0.1, 0.15) is 20.7 Å². The molecule has 1 radical (unpaired) electrons. The molecule has 2 rings (SSSR count). The Hall–Kier alpha value is -1.74.